The molecule has 152 valence electrons. The van der Waals surface area contributed by atoms with Crippen molar-refractivity contribution < 1.29 is 18.3 Å². The zero-order valence-electron chi connectivity index (χ0n) is 16.2. The number of benzene rings is 2. The van der Waals surface area contributed by atoms with Gasteiger partial charge in [0.2, 0.25) is 0 Å². The van der Waals surface area contributed by atoms with Gasteiger partial charge in [-0.25, -0.2) is 13.6 Å². The molecule has 2 aromatic carbocycles. The smallest absolute Gasteiger partial charge is 0.410 e. The maximum Gasteiger partial charge on any atom is 0.410 e. The molecule has 1 amide bonds. The zero-order chi connectivity index (χ0) is 20.0. The van der Waals surface area contributed by atoms with Crippen LogP contribution in [-0.4, -0.2) is 53.8 Å². The Hall–Kier alpha value is -2.47. The van der Waals surface area contributed by atoms with Gasteiger partial charge < -0.3 is 4.74 Å². The number of hydrogen-bond acceptors (Lipinski definition) is 3. The molecule has 0 saturated carbocycles. The molecule has 0 spiro atoms. The molecular formula is C23H24F2N2O2. The van der Waals surface area contributed by atoms with E-state index in [0.29, 0.717) is 32.4 Å². The molecule has 4 aliphatic heterocycles. The summed E-state index contributed by atoms with van der Waals surface area (Å²) >= 11 is 0. The molecule has 3 saturated heterocycles. The highest BCUT2D eigenvalue weighted by atomic mass is 19.1. The lowest BCUT2D eigenvalue weighted by atomic mass is 9.82. The van der Waals surface area contributed by atoms with Crippen LogP contribution in [0.25, 0.3) is 0 Å². The van der Waals surface area contributed by atoms with Crippen molar-refractivity contribution in [2.45, 2.75) is 37.1 Å². The Morgan fingerprint density at radius 1 is 1.03 bits per heavy atom. The van der Waals surface area contributed by atoms with Crippen LogP contribution in [0.15, 0.2) is 48.5 Å². The van der Waals surface area contributed by atoms with Crippen LogP contribution in [0.5, 0.6) is 0 Å². The minimum Gasteiger partial charge on any atom is -0.441 e. The van der Waals surface area contributed by atoms with E-state index in [9.17, 15) is 9.18 Å². The summed E-state index contributed by atoms with van der Waals surface area (Å²) in [5.41, 5.74) is 1.56. The largest absolute Gasteiger partial charge is 0.441 e. The average molecular weight is 398 g/mol. The van der Waals surface area contributed by atoms with E-state index in [2.05, 4.69) is 11.0 Å². The standard InChI is InChI=1S/C23H24F2N2O2/c24-18-7-5-17(6-8-18)21-19-4-2-1-3-16(19)9-12-27(21)22(28)29-20-15-26-13-10-23(20,25)11-14-26/h1-8,20-21H,9-15H2/t20?,21-/m0/s1. The first-order valence-corrected chi connectivity index (χ1v) is 10.3. The number of alkyl halides is 1. The van der Waals surface area contributed by atoms with Crippen LogP contribution >= 0.6 is 0 Å². The van der Waals surface area contributed by atoms with Crippen LogP contribution in [0.1, 0.15) is 35.6 Å². The molecule has 29 heavy (non-hydrogen) atoms. The van der Waals surface area contributed by atoms with E-state index in [-0.39, 0.29) is 11.9 Å². The fraction of sp³-hybridized carbons (Fsp3) is 0.435. The summed E-state index contributed by atoms with van der Waals surface area (Å²) < 4.78 is 34.5. The summed E-state index contributed by atoms with van der Waals surface area (Å²) in [6, 6.07) is 13.8. The lowest BCUT2D eigenvalue weighted by Gasteiger charge is -2.48. The van der Waals surface area contributed by atoms with Crippen molar-refractivity contribution in [3.63, 3.8) is 0 Å². The van der Waals surface area contributed by atoms with Crippen LogP contribution in [0.2, 0.25) is 0 Å². The monoisotopic (exact) mass is 398 g/mol. The second-order valence-electron chi connectivity index (χ2n) is 8.30. The minimum atomic E-state index is -1.43. The third kappa shape index (κ3) is 3.29. The Kier molecular flexibility index (Phi) is 4.54. The van der Waals surface area contributed by atoms with E-state index >= 15 is 4.39 Å². The summed E-state index contributed by atoms with van der Waals surface area (Å²) in [5.74, 6) is -0.321. The van der Waals surface area contributed by atoms with Gasteiger partial charge in [-0.3, -0.25) is 9.80 Å². The highest BCUT2D eigenvalue weighted by molar-refractivity contribution is 5.70. The highest BCUT2D eigenvalue weighted by Crippen LogP contribution is 2.39. The maximum atomic E-state index is 15.3. The van der Waals surface area contributed by atoms with Crippen molar-refractivity contribution in [2.75, 3.05) is 26.2 Å². The van der Waals surface area contributed by atoms with E-state index in [1.165, 1.54) is 12.1 Å². The average Bonchev–Trinajstić information content (AvgIpc) is 2.74. The molecule has 6 rings (SSSR count). The number of rotatable bonds is 2. The number of ether oxygens (including phenoxy) is 1. The molecule has 4 nitrogen and oxygen atoms in total. The van der Waals surface area contributed by atoms with Crippen LogP contribution in [0.3, 0.4) is 0 Å². The lowest BCUT2D eigenvalue weighted by Crippen LogP contribution is -2.61. The number of carbonyl (C=O) groups excluding carboxylic acids is 1. The molecule has 2 atom stereocenters. The van der Waals surface area contributed by atoms with Gasteiger partial charge in [-0.1, -0.05) is 36.4 Å². The van der Waals surface area contributed by atoms with Gasteiger partial charge in [0, 0.05) is 26.2 Å². The van der Waals surface area contributed by atoms with Gasteiger partial charge in [-0.15, -0.1) is 0 Å². The van der Waals surface area contributed by atoms with Gasteiger partial charge in [0.05, 0.1) is 6.04 Å². The van der Waals surface area contributed by atoms with Crippen LogP contribution in [0.4, 0.5) is 13.6 Å². The molecule has 0 aliphatic carbocycles. The van der Waals surface area contributed by atoms with E-state index in [0.717, 1.165) is 29.8 Å². The molecule has 3 fully saturated rings. The molecule has 2 aromatic rings. The van der Waals surface area contributed by atoms with Crippen LogP contribution in [-0.2, 0) is 11.2 Å². The molecule has 2 bridgehead atoms. The number of carbonyl (C=O) groups is 1. The van der Waals surface area contributed by atoms with Gasteiger partial charge in [-0.2, -0.15) is 0 Å². The third-order valence-electron chi connectivity index (χ3n) is 6.64. The molecule has 0 aromatic heterocycles. The molecule has 4 heterocycles. The summed E-state index contributed by atoms with van der Waals surface area (Å²) in [6.07, 6.45) is 0.304. The van der Waals surface area contributed by atoms with Gasteiger partial charge >= 0.3 is 6.09 Å². The maximum absolute atomic E-state index is 15.3. The van der Waals surface area contributed by atoms with Crippen LogP contribution < -0.4 is 0 Å². The van der Waals surface area contributed by atoms with Gasteiger partial charge in [0.15, 0.2) is 11.8 Å². The first kappa shape index (κ1) is 18.6. The first-order chi connectivity index (χ1) is 14.0. The Morgan fingerprint density at radius 2 is 1.76 bits per heavy atom. The van der Waals surface area contributed by atoms with Crippen molar-refractivity contribution in [3.8, 4) is 0 Å². The van der Waals surface area contributed by atoms with Crippen molar-refractivity contribution in [2.24, 2.45) is 0 Å². The SMILES string of the molecule is O=C(OC1CN2CCC1(F)CC2)N1CCc2ccccc2[C@@H]1c1ccc(F)cc1. The summed E-state index contributed by atoms with van der Waals surface area (Å²) in [4.78, 5) is 17.0. The summed E-state index contributed by atoms with van der Waals surface area (Å²) in [5, 5.41) is 0. The molecule has 1 unspecified atom stereocenters. The topological polar surface area (TPSA) is 32.8 Å². The van der Waals surface area contributed by atoms with Crippen molar-refractivity contribution in [3.05, 3.63) is 71.0 Å². The molecule has 0 N–H and O–H groups in total. The quantitative estimate of drug-likeness (QED) is 0.764. The molecular weight excluding hydrogens is 374 g/mol. The van der Waals surface area contributed by atoms with E-state index in [4.69, 9.17) is 4.74 Å². The van der Waals surface area contributed by atoms with Crippen LogP contribution in [0, 0.1) is 5.82 Å². The number of fused-ring (bicyclic) bond motifs is 4. The fourth-order valence-corrected chi connectivity index (χ4v) is 4.93. The number of halogens is 2. The van der Waals surface area contributed by atoms with E-state index in [1.807, 2.05) is 18.2 Å². The predicted molar refractivity (Wildman–Crippen MR) is 105 cm³/mol. The Bertz CT molecular complexity index is 909. The van der Waals surface area contributed by atoms with Crippen molar-refractivity contribution >= 4 is 6.09 Å². The number of amides is 1. The number of nitrogens with zero attached hydrogens (tertiary/aromatic N) is 2. The van der Waals surface area contributed by atoms with Crippen molar-refractivity contribution in [1.29, 1.82) is 0 Å². The normalized spacial score (nSPS) is 30.7. The van der Waals surface area contributed by atoms with Gasteiger partial charge in [0.25, 0.3) is 0 Å². The van der Waals surface area contributed by atoms with Crippen molar-refractivity contribution in [1.82, 2.24) is 9.80 Å². The van der Waals surface area contributed by atoms with Gasteiger partial charge in [-0.05, 0) is 48.1 Å². The molecule has 4 aliphatic rings. The Balaban J connectivity index is 1.45. The Labute approximate surface area is 169 Å². The lowest BCUT2D eigenvalue weighted by molar-refractivity contribution is -0.118. The minimum absolute atomic E-state index is 0.321. The number of hydrogen-bond donors (Lipinski definition) is 0. The second kappa shape index (κ2) is 7.10. The van der Waals surface area contributed by atoms with Gasteiger partial charge in [0.1, 0.15) is 5.82 Å². The number of piperidine rings is 3. The Morgan fingerprint density at radius 3 is 2.48 bits per heavy atom. The summed E-state index contributed by atoms with van der Waals surface area (Å²) in [6.45, 7) is 2.38. The predicted octanol–water partition coefficient (Wildman–Crippen LogP) is 4.10. The highest BCUT2D eigenvalue weighted by Gasteiger charge is 2.50. The first-order valence-electron chi connectivity index (χ1n) is 10.3. The second-order valence-corrected chi connectivity index (χ2v) is 8.30. The third-order valence-corrected chi connectivity index (χ3v) is 6.64. The fourth-order valence-electron chi connectivity index (χ4n) is 4.93. The molecule has 6 heteroatoms. The summed E-state index contributed by atoms with van der Waals surface area (Å²) in [7, 11) is 0. The molecule has 0 radical (unpaired) electrons. The zero-order valence-corrected chi connectivity index (χ0v) is 16.2. The van der Waals surface area contributed by atoms with E-state index < -0.39 is 17.9 Å². The van der Waals surface area contributed by atoms with E-state index in [1.54, 1.807) is 17.0 Å².